The summed E-state index contributed by atoms with van der Waals surface area (Å²) in [7, 11) is -3.94. The van der Waals surface area contributed by atoms with Gasteiger partial charge in [0.25, 0.3) is 0 Å². The maximum absolute atomic E-state index is 11.5. The van der Waals surface area contributed by atoms with Gasteiger partial charge in [0.2, 0.25) is 10.0 Å². The Labute approximate surface area is 102 Å². The molecule has 2 aromatic carbocycles. The van der Waals surface area contributed by atoms with Gasteiger partial charge >= 0.3 is 5.97 Å². The van der Waals surface area contributed by atoms with Crippen LogP contribution in [-0.2, 0) is 15.1 Å². The summed E-state index contributed by atoms with van der Waals surface area (Å²) in [6, 6.07) is 6.31. The van der Waals surface area contributed by atoms with Crippen molar-refractivity contribution in [2.45, 2.75) is 4.90 Å². The number of primary sulfonamides is 1. The highest BCUT2D eigenvalue weighted by atomic mass is 32.2. The van der Waals surface area contributed by atoms with Gasteiger partial charge in [0.05, 0.1) is 4.90 Å². The molecule has 0 aliphatic carbocycles. The first-order valence-corrected chi connectivity index (χ1v) is 6.35. The van der Waals surface area contributed by atoms with Crippen molar-refractivity contribution in [2.75, 3.05) is 0 Å². The highest BCUT2D eigenvalue weighted by Crippen LogP contribution is 2.29. The molecule has 0 aromatic heterocycles. The van der Waals surface area contributed by atoms with E-state index in [1.807, 2.05) is 0 Å². The van der Waals surface area contributed by atoms with Crippen molar-refractivity contribution in [2.24, 2.45) is 5.14 Å². The van der Waals surface area contributed by atoms with Gasteiger partial charge in [-0.15, -0.1) is 0 Å². The minimum Gasteiger partial charge on any atom is -0.478 e. The van der Waals surface area contributed by atoms with Crippen molar-refractivity contribution in [3.05, 3.63) is 35.9 Å². The molecule has 0 spiro atoms. The zero-order valence-electron chi connectivity index (χ0n) is 8.95. The van der Waals surface area contributed by atoms with E-state index in [0.29, 0.717) is 5.39 Å². The zero-order chi connectivity index (χ0) is 13.5. The predicted octanol–water partition coefficient (Wildman–Crippen LogP) is 1.33. The van der Waals surface area contributed by atoms with E-state index in [-0.39, 0.29) is 10.3 Å². The van der Waals surface area contributed by atoms with Crippen LogP contribution in [0.25, 0.3) is 10.8 Å². The van der Waals surface area contributed by atoms with Gasteiger partial charge in [-0.3, -0.25) is 5.11 Å². The van der Waals surface area contributed by atoms with Crippen LogP contribution in [0.2, 0.25) is 0 Å². The van der Waals surface area contributed by atoms with E-state index in [9.17, 15) is 18.3 Å². The Hall–Kier alpha value is -2.12. The number of carboxylic acid groups (broad SMARTS) is 1. The van der Waals surface area contributed by atoms with Gasteiger partial charge in [-0.1, -0.05) is 12.1 Å². The summed E-state index contributed by atoms with van der Waals surface area (Å²) in [6.07, 6.45) is 0. The number of carbonyl (C=O) groups is 1. The van der Waals surface area contributed by atoms with Gasteiger partial charge in [0.1, 0.15) is 5.56 Å². The van der Waals surface area contributed by atoms with Crippen LogP contribution >= 0.6 is 0 Å². The van der Waals surface area contributed by atoms with E-state index >= 15 is 0 Å². The Morgan fingerprint density at radius 2 is 1.78 bits per heavy atom. The molecule has 3 N–H and O–H groups in total. The number of aromatic carboxylic acids is 1. The fraction of sp³-hybridized carbons (Fsp3) is 0. The van der Waals surface area contributed by atoms with Gasteiger partial charge in [-0.05, 0) is 23.6 Å². The molecule has 0 fully saturated rings. The summed E-state index contributed by atoms with van der Waals surface area (Å²) in [5.74, 6) is -2.08. The Bertz CT molecular complexity index is 751. The van der Waals surface area contributed by atoms with Crippen LogP contribution in [0.3, 0.4) is 0 Å². The molecule has 0 saturated heterocycles. The van der Waals surface area contributed by atoms with Gasteiger partial charge in [-0.2, -0.15) is 0 Å². The summed E-state index contributed by atoms with van der Waals surface area (Å²) in [5.41, 5.74) is -0.460. The Kier molecular flexibility index (Phi) is 2.72. The molecule has 2 rings (SSSR count). The third-order valence-electron chi connectivity index (χ3n) is 2.50. The zero-order valence-corrected chi connectivity index (χ0v) is 9.77. The maximum atomic E-state index is 11.5. The molecule has 0 heterocycles. The topological polar surface area (TPSA) is 117 Å². The molecule has 0 aliphatic heterocycles. The predicted molar refractivity (Wildman–Crippen MR) is 62.4 cm³/mol. The first-order chi connectivity index (χ1) is 8.30. The number of hydrogen-bond acceptors (Lipinski definition) is 3. The quantitative estimate of drug-likeness (QED) is 0.852. The summed E-state index contributed by atoms with van der Waals surface area (Å²) >= 11 is 0. The van der Waals surface area contributed by atoms with Gasteiger partial charge in [0, 0.05) is 5.39 Å². The minimum atomic E-state index is -3.94. The molecule has 0 unspecified atom stereocenters. The van der Waals surface area contributed by atoms with Crippen molar-refractivity contribution < 1.29 is 23.4 Å². The SMILES string of the molecule is NS(=O)(=O)c1ccc2ccc([O])c(C(=O)O)c2c1. The van der Waals surface area contributed by atoms with E-state index in [0.717, 1.165) is 12.1 Å². The monoisotopic (exact) mass is 266 g/mol. The fourth-order valence-electron chi connectivity index (χ4n) is 1.68. The largest absolute Gasteiger partial charge is 0.478 e. The second-order valence-corrected chi connectivity index (χ2v) is 5.23. The van der Waals surface area contributed by atoms with E-state index in [1.165, 1.54) is 18.2 Å². The average Bonchev–Trinajstić information content (AvgIpc) is 2.26. The number of rotatable bonds is 2. The third-order valence-corrected chi connectivity index (χ3v) is 3.41. The van der Waals surface area contributed by atoms with Crippen LogP contribution in [0, 0.1) is 0 Å². The molecule has 93 valence electrons. The molecule has 18 heavy (non-hydrogen) atoms. The molecule has 2 aromatic rings. The molecule has 6 nitrogen and oxygen atoms in total. The number of fused-ring (bicyclic) bond motifs is 1. The molecule has 0 saturated carbocycles. The Morgan fingerprint density at radius 1 is 1.17 bits per heavy atom. The van der Waals surface area contributed by atoms with Gasteiger partial charge in [0.15, 0.2) is 5.75 Å². The number of nitrogens with two attached hydrogens (primary N) is 1. The normalized spacial score (nSPS) is 11.6. The van der Waals surface area contributed by atoms with Crippen LogP contribution in [0.5, 0.6) is 5.75 Å². The molecular formula is C11H8NO5S. The van der Waals surface area contributed by atoms with Crippen molar-refractivity contribution in [1.82, 2.24) is 0 Å². The molecular weight excluding hydrogens is 258 g/mol. The van der Waals surface area contributed by atoms with E-state index < -0.39 is 27.3 Å². The second kappa shape index (κ2) is 3.97. The lowest BCUT2D eigenvalue weighted by atomic mass is 10.0. The second-order valence-electron chi connectivity index (χ2n) is 3.67. The first kappa shape index (κ1) is 12.3. The average molecular weight is 266 g/mol. The maximum Gasteiger partial charge on any atom is 0.340 e. The number of sulfonamides is 1. The van der Waals surface area contributed by atoms with Crippen LogP contribution < -0.4 is 5.14 Å². The molecule has 0 bridgehead atoms. The standard InChI is InChI=1S/C11H8NO5S/c12-18(16,17)7-3-1-6-2-4-9(13)10(11(14)15)8(6)5-7/h1-5H,(H,14,15)(H2,12,16,17). The van der Waals surface area contributed by atoms with E-state index in [2.05, 4.69) is 0 Å². The third kappa shape index (κ3) is 2.01. The lowest BCUT2D eigenvalue weighted by Crippen LogP contribution is -2.12. The molecule has 0 amide bonds. The smallest absolute Gasteiger partial charge is 0.340 e. The number of benzene rings is 2. The van der Waals surface area contributed by atoms with Crippen LogP contribution in [0.15, 0.2) is 35.2 Å². The summed E-state index contributed by atoms with van der Waals surface area (Å²) < 4.78 is 22.4. The van der Waals surface area contributed by atoms with Crippen LogP contribution in [0.1, 0.15) is 10.4 Å². The first-order valence-electron chi connectivity index (χ1n) is 4.80. The number of hydrogen-bond donors (Lipinski definition) is 2. The van der Waals surface area contributed by atoms with E-state index in [4.69, 9.17) is 10.2 Å². The lowest BCUT2D eigenvalue weighted by molar-refractivity contribution is 0.0694. The van der Waals surface area contributed by atoms with Gasteiger partial charge in [-0.25, -0.2) is 18.4 Å². The van der Waals surface area contributed by atoms with Crippen LogP contribution in [0.4, 0.5) is 0 Å². The van der Waals surface area contributed by atoms with Crippen molar-refractivity contribution in [1.29, 1.82) is 0 Å². The highest BCUT2D eigenvalue weighted by molar-refractivity contribution is 7.89. The lowest BCUT2D eigenvalue weighted by Gasteiger charge is -2.05. The molecule has 1 radical (unpaired) electrons. The number of carboxylic acids is 1. The Balaban J connectivity index is 2.90. The van der Waals surface area contributed by atoms with Crippen LogP contribution in [-0.4, -0.2) is 19.5 Å². The van der Waals surface area contributed by atoms with Gasteiger partial charge < -0.3 is 5.11 Å². The van der Waals surface area contributed by atoms with Crippen molar-refractivity contribution in [3.63, 3.8) is 0 Å². The highest BCUT2D eigenvalue weighted by Gasteiger charge is 2.17. The summed E-state index contributed by atoms with van der Waals surface area (Å²) in [5, 5.41) is 25.9. The summed E-state index contributed by atoms with van der Waals surface area (Å²) in [4.78, 5) is 10.8. The van der Waals surface area contributed by atoms with Crippen molar-refractivity contribution >= 4 is 26.8 Å². The Morgan fingerprint density at radius 3 is 2.33 bits per heavy atom. The minimum absolute atomic E-state index is 0.0570. The summed E-state index contributed by atoms with van der Waals surface area (Å²) in [6.45, 7) is 0. The fourth-order valence-corrected chi connectivity index (χ4v) is 2.22. The van der Waals surface area contributed by atoms with Crippen molar-refractivity contribution in [3.8, 4) is 5.75 Å². The van der Waals surface area contributed by atoms with E-state index in [1.54, 1.807) is 0 Å². The molecule has 0 aliphatic rings. The molecule has 7 heteroatoms. The molecule has 0 atom stereocenters.